The molecule has 0 amide bonds. The van der Waals surface area contributed by atoms with Crippen molar-refractivity contribution in [1.29, 1.82) is 0 Å². The zero-order valence-corrected chi connectivity index (χ0v) is 16.4. The molecule has 1 fully saturated rings. The minimum atomic E-state index is 0.250. The van der Waals surface area contributed by atoms with Gasteiger partial charge >= 0.3 is 0 Å². The van der Waals surface area contributed by atoms with E-state index in [2.05, 4.69) is 18.7 Å². The predicted molar refractivity (Wildman–Crippen MR) is 104 cm³/mol. The van der Waals surface area contributed by atoms with Crippen molar-refractivity contribution in [3.8, 4) is 5.75 Å². The maximum absolute atomic E-state index is 12.5. The summed E-state index contributed by atoms with van der Waals surface area (Å²) in [5, 5.41) is 0.474. The highest BCUT2D eigenvalue weighted by molar-refractivity contribution is 6.33. The van der Waals surface area contributed by atoms with Crippen LogP contribution in [0.1, 0.15) is 45.1 Å². The number of hydrogen-bond acceptors (Lipinski definition) is 4. The monoisotopic (exact) mass is 366 g/mol. The molecule has 0 atom stereocenters. The minimum absolute atomic E-state index is 0.250. The van der Waals surface area contributed by atoms with Crippen LogP contribution in [0.25, 0.3) is 0 Å². The van der Waals surface area contributed by atoms with E-state index < -0.39 is 0 Å². The van der Waals surface area contributed by atoms with E-state index in [1.54, 1.807) is 19.2 Å². The quantitative estimate of drug-likeness (QED) is 0.701. The molecule has 1 saturated heterocycles. The number of piperidine rings is 1. The molecule has 1 aromatic carbocycles. The van der Waals surface area contributed by atoms with Gasteiger partial charge in [0, 0.05) is 24.5 Å². The Kier molecular flexibility index (Phi) is 7.57. The second kappa shape index (κ2) is 9.44. The number of rotatable bonds is 8. The van der Waals surface area contributed by atoms with Crippen molar-refractivity contribution >= 4 is 23.1 Å². The summed E-state index contributed by atoms with van der Waals surface area (Å²) in [5.41, 5.74) is 7.10. The van der Waals surface area contributed by atoms with Gasteiger partial charge in [0.05, 0.1) is 17.8 Å². The average Bonchev–Trinajstić information content (AvgIpc) is 2.57. The van der Waals surface area contributed by atoms with Crippen molar-refractivity contribution < 1.29 is 9.53 Å². The molecule has 1 heterocycles. The van der Waals surface area contributed by atoms with Crippen molar-refractivity contribution in [2.45, 2.75) is 46.0 Å². The van der Waals surface area contributed by atoms with Crippen LogP contribution < -0.4 is 10.5 Å². The fraction of sp³-hybridized carbons (Fsp3) is 0.650. The van der Waals surface area contributed by atoms with Crippen LogP contribution in [0.5, 0.6) is 5.75 Å². The molecule has 0 radical (unpaired) electrons. The van der Waals surface area contributed by atoms with Gasteiger partial charge in [-0.15, -0.1) is 0 Å². The lowest BCUT2D eigenvalue weighted by Crippen LogP contribution is -2.35. The van der Waals surface area contributed by atoms with E-state index in [0.29, 0.717) is 35.2 Å². The lowest BCUT2D eigenvalue weighted by molar-refractivity contribution is -0.119. The first-order valence-electron chi connectivity index (χ1n) is 9.25. The van der Waals surface area contributed by atoms with Crippen molar-refractivity contribution in [3.63, 3.8) is 0 Å². The number of ketones is 1. The number of carbonyl (C=O) groups excluding carboxylic acids is 1. The van der Waals surface area contributed by atoms with Crippen LogP contribution in [-0.4, -0.2) is 37.4 Å². The van der Waals surface area contributed by atoms with Gasteiger partial charge in [0.2, 0.25) is 0 Å². The normalized spacial score (nSPS) is 16.4. The average molecular weight is 367 g/mol. The second-order valence-electron chi connectivity index (χ2n) is 7.57. The van der Waals surface area contributed by atoms with Crippen LogP contribution in [0.4, 0.5) is 5.69 Å². The molecule has 0 aromatic heterocycles. The zero-order valence-electron chi connectivity index (χ0n) is 15.7. The Balaban J connectivity index is 1.83. The number of ether oxygens (including phenoxy) is 1. The van der Waals surface area contributed by atoms with Gasteiger partial charge in [0.15, 0.2) is 0 Å². The Labute approximate surface area is 156 Å². The third-order valence-electron chi connectivity index (χ3n) is 5.03. The second-order valence-corrected chi connectivity index (χ2v) is 7.98. The van der Waals surface area contributed by atoms with Crippen molar-refractivity contribution in [1.82, 2.24) is 4.90 Å². The number of benzene rings is 1. The number of anilines is 1. The fourth-order valence-corrected chi connectivity index (χ4v) is 3.59. The molecule has 1 aliphatic heterocycles. The van der Waals surface area contributed by atoms with Gasteiger partial charge in [-0.05, 0) is 56.8 Å². The van der Waals surface area contributed by atoms with Crippen molar-refractivity contribution in [2.24, 2.45) is 11.8 Å². The number of carbonyl (C=O) groups is 1. The van der Waals surface area contributed by atoms with E-state index >= 15 is 0 Å². The van der Waals surface area contributed by atoms with Gasteiger partial charge in [-0.3, -0.25) is 4.79 Å². The highest BCUT2D eigenvalue weighted by atomic mass is 35.5. The van der Waals surface area contributed by atoms with Gasteiger partial charge in [-0.2, -0.15) is 0 Å². The number of nitrogens with zero attached hydrogens (tertiary/aromatic N) is 1. The van der Waals surface area contributed by atoms with E-state index in [1.165, 1.54) is 13.0 Å². The number of nitrogens with two attached hydrogens (primary N) is 1. The number of likely N-dealkylation sites (tertiary alicyclic amines) is 1. The first kappa shape index (κ1) is 20.1. The van der Waals surface area contributed by atoms with E-state index in [0.717, 1.165) is 37.4 Å². The third-order valence-corrected chi connectivity index (χ3v) is 5.36. The lowest BCUT2D eigenvalue weighted by Gasteiger charge is -2.32. The molecule has 0 aliphatic carbocycles. The van der Waals surface area contributed by atoms with Crippen LogP contribution in [0.15, 0.2) is 12.1 Å². The third kappa shape index (κ3) is 6.19. The maximum atomic E-state index is 12.5. The van der Waals surface area contributed by atoms with Crippen LogP contribution in [0.2, 0.25) is 5.02 Å². The van der Waals surface area contributed by atoms with E-state index in [9.17, 15) is 4.79 Å². The number of hydrogen-bond donors (Lipinski definition) is 1. The number of methoxy groups -OCH3 is 1. The summed E-state index contributed by atoms with van der Waals surface area (Å²) in [4.78, 5) is 15.0. The van der Waals surface area contributed by atoms with Gasteiger partial charge in [0.1, 0.15) is 11.5 Å². The molecule has 1 aromatic rings. The molecule has 25 heavy (non-hydrogen) atoms. The summed E-state index contributed by atoms with van der Waals surface area (Å²) in [6.07, 6.45) is 4.48. The Morgan fingerprint density at radius 3 is 2.64 bits per heavy atom. The molecular formula is C20H31ClN2O2. The number of Topliss-reactive ketones (excluding diaryl/α,β-unsaturated/α-hetero) is 1. The summed E-state index contributed by atoms with van der Waals surface area (Å²) < 4.78 is 5.33. The molecule has 4 nitrogen and oxygen atoms in total. The largest absolute Gasteiger partial charge is 0.496 e. The lowest BCUT2D eigenvalue weighted by atomic mass is 9.89. The summed E-state index contributed by atoms with van der Waals surface area (Å²) in [5.74, 6) is 2.14. The molecule has 1 aliphatic rings. The van der Waals surface area contributed by atoms with Gasteiger partial charge < -0.3 is 15.4 Å². The SMILES string of the molecule is COc1cc(N)c(Cl)cc1CC(=O)CC1CCN(CCC(C)C)CC1. The predicted octanol–water partition coefficient (Wildman–Crippen LogP) is 4.19. The molecule has 0 saturated carbocycles. The zero-order chi connectivity index (χ0) is 18.4. The van der Waals surface area contributed by atoms with Gasteiger partial charge in [0.25, 0.3) is 0 Å². The van der Waals surface area contributed by atoms with Crippen molar-refractivity contribution in [3.05, 3.63) is 22.7 Å². The first-order chi connectivity index (χ1) is 11.9. The summed E-state index contributed by atoms with van der Waals surface area (Å²) in [7, 11) is 1.59. The minimum Gasteiger partial charge on any atom is -0.496 e. The highest BCUT2D eigenvalue weighted by Crippen LogP contribution is 2.30. The smallest absolute Gasteiger partial charge is 0.137 e. The first-order valence-corrected chi connectivity index (χ1v) is 9.62. The summed E-state index contributed by atoms with van der Waals surface area (Å²) in [6, 6.07) is 3.44. The standard InChI is InChI=1S/C20H31ClN2O2/c1-14(2)4-7-23-8-5-15(6-9-23)10-17(24)11-16-12-18(21)19(22)13-20(16)25-3/h12-15H,4-11,22H2,1-3H3. The molecule has 0 unspecified atom stereocenters. The summed E-state index contributed by atoms with van der Waals surface area (Å²) in [6.45, 7) is 7.94. The van der Waals surface area contributed by atoms with Gasteiger partial charge in [-0.1, -0.05) is 25.4 Å². The maximum Gasteiger partial charge on any atom is 0.137 e. The molecule has 0 bridgehead atoms. The molecule has 5 heteroatoms. The Bertz CT molecular complexity index is 581. The topological polar surface area (TPSA) is 55.6 Å². The molecule has 140 valence electrons. The van der Waals surface area contributed by atoms with E-state index in [-0.39, 0.29) is 5.78 Å². The molecular weight excluding hydrogens is 336 g/mol. The van der Waals surface area contributed by atoms with E-state index in [1.807, 2.05) is 0 Å². The number of halogens is 1. The summed E-state index contributed by atoms with van der Waals surface area (Å²) >= 11 is 6.09. The molecule has 0 spiro atoms. The Morgan fingerprint density at radius 2 is 2.04 bits per heavy atom. The van der Waals surface area contributed by atoms with Crippen LogP contribution in [0.3, 0.4) is 0 Å². The van der Waals surface area contributed by atoms with Crippen molar-refractivity contribution in [2.75, 3.05) is 32.5 Å². The Morgan fingerprint density at radius 1 is 1.36 bits per heavy atom. The molecule has 2 N–H and O–H groups in total. The Hall–Kier alpha value is -1.26. The van der Waals surface area contributed by atoms with Crippen LogP contribution in [-0.2, 0) is 11.2 Å². The van der Waals surface area contributed by atoms with Gasteiger partial charge in [-0.25, -0.2) is 0 Å². The van der Waals surface area contributed by atoms with Crippen LogP contribution in [0, 0.1) is 11.8 Å². The number of nitrogen functional groups attached to an aromatic ring is 1. The fourth-order valence-electron chi connectivity index (χ4n) is 3.40. The van der Waals surface area contributed by atoms with Crippen LogP contribution >= 0.6 is 11.6 Å². The van der Waals surface area contributed by atoms with E-state index in [4.69, 9.17) is 22.1 Å². The highest BCUT2D eigenvalue weighted by Gasteiger charge is 2.22. The molecule has 2 rings (SSSR count).